The molecule has 7 heteroatoms. The molecule has 0 fully saturated rings. The van der Waals surface area contributed by atoms with Gasteiger partial charge in [-0.05, 0) is 30.3 Å². The Morgan fingerprint density at radius 1 is 1.04 bits per heavy atom. The largest absolute Gasteiger partial charge is 0.496 e. The first-order valence-corrected chi connectivity index (χ1v) is 8.62. The van der Waals surface area contributed by atoms with E-state index in [1.165, 1.54) is 0 Å². The fourth-order valence-corrected chi connectivity index (χ4v) is 2.43. The second kappa shape index (κ2) is 10.3. The Balaban J connectivity index is 1.73. The van der Waals surface area contributed by atoms with E-state index in [0.29, 0.717) is 36.2 Å². The highest BCUT2D eigenvalue weighted by Gasteiger charge is 2.05. The molecular formula is C19H23ClN4O2. The summed E-state index contributed by atoms with van der Waals surface area (Å²) in [7, 11) is 3.35. The third-order valence-corrected chi connectivity index (χ3v) is 3.92. The standard InChI is InChI=1S/C19H23ClN4O2/c1-21-19(24-13-15-5-3-4-6-17(15)26-2)23-12-11-22-18(25)14-7-9-16(20)10-8-14/h3-10H,11-13H2,1-2H3,(H,22,25)(H2,21,23,24). The van der Waals surface area contributed by atoms with Crippen LogP contribution in [0.5, 0.6) is 5.75 Å². The minimum atomic E-state index is -0.138. The minimum Gasteiger partial charge on any atom is -0.496 e. The summed E-state index contributed by atoms with van der Waals surface area (Å²) in [6.45, 7) is 1.60. The first kappa shape index (κ1) is 19.6. The molecule has 6 nitrogen and oxygen atoms in total. The molecule has 2 aromatic carbocycles. The molecule has 0 aliphatic rings. The summed E-state index contributed by atoms with van der Waals surface area (Å²) in [4.78, 5) is 16.2. The third-order valence-electron chi connectivity index (χ3n) is 3.67. The molecule has 0 unspecified atom stereocenters. The number of methoxy groups -OCH3 is 1. The Labute approximate surface area is 158 Å². The quantitative estimate of drug-likeness (QED) is 0.395. The van der Waals surface area contributed by atoms with Crippen LogP contribution in [-0.4, -0.2) is 39.1 Å². The highest BCUT2D eigenvalue weighted by molar-refractivity contribution is 6.30. The van der Waals surface area contributed by atoms with Crippen molar-refractivity contribution in [2.24, 2.45) is 4.99 Å². The Kier molecular flexibility index (Phi) is 7.76. The van der Waals surface area contributed by atoms with Crippen LogP contribution < -0.4 is 20.7 Å². The van der Waals surface area contributed by atoms with Gasteiger partial charge in [-0.2, -0.15) is 0 Å². The van der Waals surface area contributed by atoms with Crippen molar-refractivity contribution in [2.45, 2.75) is 6.54 Å². The lowest BCUT2D eigenvalue weighted by Crippen LogP contribution is -2.41. The van der Waals surface area contributed by atoms with Crippen LogP contribution in [0.3, 0.4) is 0 Å². The highest BCUT2D eigenvalue weighted by atomic mass is 35.5. The van der Waals surface area contributed by atoms with Gasteiger partial charge >= 0.3 is 0 Å². The number of hydrogen-bond donors (Lipinski definition) is 3. The topological polar surface area (TPSA) is 74.8 Å². The summed E-state index contributed by atoms with van der Waals surface area (Å²) in [5.41, 5.74) is 1.61. The molecule has 0 aliphatic carbocycles. The van der Waals surface area contributed by atoms with Crippen LogP contribution in [0.25, 0.3) is 0 Å². The first-order chi connectivity index (χ1) is 12.6. The van der Waals surface area contributed by atoms with Gasteiger partial charge in [0.15, 0.2) is 5.96 Å². The van der Waals surface area contributed by atoms with E-state index in [-0.39, 0.29) is 5.91 Å². The number of amides is 1. The van der Waals surface area contributed by atoms with Crippen LogP contribution in [-0.2, 0) is 6.54 Å². The van der Waals surface area contributed by atoms with Crippen LogP contribution in [0.1, 0.15) is 15.9 Å². The number of benzene rings is 2. The molecule has 0 aromatic heterocycles. The maximum atomic E-state index is 12.0. The average molecular weight is 375 g/mol. The van der Waals surface area contributed by atoms with Crippen molar-refractivity contribution in [3.63, 3.8) is 0 Å². The number of nitrogens with zero attached hydrogens (tertiary/aromatic N) is 1. The molecule has 2 rings (SSSR count). The minimum absolute atomic E-state index is 0.138. The molecule has 0 atom stereocenters. The number of ether oxygens (including phenoxy) is 1. The molecule has 3 N–H and O–H groups in total. The van der Waals surface area contributed by atoms with E-state index in [0.717, 1.165) is 11.3 Å². The van der Waals surface area contributed by atoms with Gasteiger partial charge in [0.05, 0.1) is 7.11 Å². The van der Waals surface area contributed by atoms with Gasteiger partial charge in [-0.1, -0.05) is 29.8 Å². The Morgan fingerprint density at radius 2 is 1.73 bits per heavy atom. The molecule has 2 aromatic rings. The van der Waals surface area contributed by atoms with Gasteiger partial charge in [-0.25, -0.2) is 0 Å². The fourth-order valence-electron chi connectivity index (χ4n) is 2.31. The van der Waals surface area contributed by atoms with Crippen molar-refractivity contribution in [1.82, 2.24) is 16.0 Å². The molecule has 26 heavy (non-hydrogen) atoms. The maximum absolute atomic E-state index is 12.0. The number of guanidine groups is 1. The zero-order chi connectivity index (χ0) is 18.8. The van der Waals surface area contributed by atoms with Crippen molar-refractivity contribution in [3.8, 4) is 5.75 Å². The summed E-state index contributed by atoms with van der Waals surface area (Å²) in [6.07, 6.45) is 0. The van der Waals surface area contributed by atoms with Gasteiger partial charge in [0.25, 0.3) is 5.91 Å². The number of rotatable bonds is 7. The summed E-state index contributed by atoms with van der Waals surface area (Å²) in [5, 5.41) is 9.82. The van der Waals surface area contributed by atoms with Gasteiger partial charge in [0, 0.05) is 42.8 Å². The molecule has 1 amide bonds. The third kappa shape index (κ3) is 5.97. The molecule has 0 saturated heterocycles. The summed E-state index contributed by atoms with van der Waals surface area (Å²) in [6, 6.07) is 14.6. The SMILES string of the molecule is CN=C(NCCNC(=O)c1ccc(Cl)cc1)NCc1ccccc1OC. The molecule has 0 saturated carbocycles. The van der Waals surface area contributed by atoms with E-state index in [1.54, 1.807) is 38.4 Å². The molecule has 0 radical (unpaired) electrons. The zero-order valence-corrected chi connectivity index (χ0v) is 15.6. The number of carbonyl (C=O) groups is 1. The number of carbonyl (C=O) groups excluding carboxylic acids is 1. The van der Waals surface area contributed by atoms with Crippen LogP contribution >= 0.6 is 11.6 Å². The lowest BCUT2D eigenvalue weighted by atomic mass is 10.2. The Morgan fingerprint density at radius 3 is 2.42 bits per heavy atom. The van der Waals surface area contributed by atoms with Gasteiger partial charge in [0.2, 0.25) is 0 Å². The Hall–Kier alpha value is -2.73. The summed E-state index contributed by atoms with van der Waals surface area (Å²) < 4.78 is 5.33. The van der Waals surface area contributed by atoms with Crippen molar-refractivity contribution in [2.75, 3.05) is 27.2 Å². The van der Waals surface area contributed by atoms with E-state index < -0.39 is 0 Å². The normalized spacial score (nSPS) is 11.0. The number of hydrogen-bond acceptors (Lipinski definition) is 3. The molecule has 0 heterocycles. The first-order valence-electron chi connectivity index (χ1n) is 8.24. The molecule has 0 aliphatic heterocycles. The monoisotopic (exact) mass is 374 g/mol. The molecule has 138 valence electrons. The van der Waals surface area contributed by atoms with Crippen molar-refractivity contribution in [1.29, 1.82) is 0 Å². The lowest BCUT2D eigenvalue weighted by Gasteiger charge is -2.14. The van der Waals surface area contributed by atoms with Crippen LogP contribution in [0, 0.1) is 0 Å². The highest BCUT2D eigenvalue weighted by Crippen LogP contribution is 2.16. The maximum Gasteiger partial charge on any atom is 0.251 e. The Bertz CT molecular complexity index is 747. The molecular weight excluding hydrogens is 352 g/mol. The van der Waals surface area contributed by atoms with Gasteiger partial charge in [-0.15, -0.1) is 0 Å². The van der Waals surface area contributed by atoms with Crippen LogP contribution in [0.2, 0.25) is 5.02 Å². The van der Waals surface area contributed by atoms with Crippen LogP contribution in [0.4, 0.5) is 0 Å². The van der Waals surface area contributed by atoms with E-state index in [9.17, 15) is 4.79 Å². The fraction of sp³-hybridized carbons (Fsp3) is 0.263. The van der Waals surface area contributed by atoms with Gasteiger partial charge in [-0.3, -0.25) is 9.79 Å². The van der Waals surface area contributed by atoms with Crippen LogP contribution in [0.15, 0.2) is 53.5 Å². The van der Waals surface area contributed by atoms with E-state index in [1.807, 2.05) is 24.3 Å². The second-order valence-electron chi connectivity index (χ2n) is 5.43. The van der Waals surface area contributed by atoms with E-state index in [2.05, 4.69) is 20.9 Å². The summed E-state index contributed by atoms with van der Waals surface area (Å²) in [5.74, 6) is 1.34. The molecule has 0 spiro atoms. The van der Waals surface area contributed by atoms with Crippen molar-refractivity contribution >= 4 is 23.5 Å². The van der Waals surface area contributed by atoms with Crippen molar-refractivity contribution < 1.29 is 9.53 Å². The van der Waals surface area contributed by atoms with E-state index >= 15 is 0 Å². The zero-order valence-electron chi connectivity index (χ0n) is 14.9. The van der Waals surface area contributed by atoms with Crippen molar-refractivity contribution in [3.05, 3.63) is 64.7 Å². The van der Waals surface area contributed by atoms with E-state index in [4.69, 9.17) is 16.3 Å². The molecule has 0 bridgehead atoms. The number of para-hydroxylation sites is 1. The predicted octanol–water partition coefficient (Wildman–Crippen LogP) is 2.44. The number of halogens is 1. The average Bonchev–Trinajstić information content (AvgIpc) is 2.68. The number of nitrogens with one attached hydrogen (secondary N) is 3. The van der Waals surface area contributed by atoms with Gasteiger partial charge < -0.3 is 20.7 Å². The number of aliphatic imine (C=N–C) groups is 1. The predicted molar refractivity (Wildman–Crippen MR) is 105 cm³/mol. The summed E-state index contributed by atoms with van der Waals surface area (Å²) >= 11 is 5.82. The van der Waals surface area contributed by atoms with Gasteiger partial charge in [0.1, 0.15) is 5.75 Å². The smallest absolute Gasteiger partial charge is 0.251 e. The lowest BCUT2D eigenvalue weighted by molar-refractivity contribution is 0.0954. The second-order valence-corrected chi connectivity index (χ2v) is 5.86.